The third-order valence-corrected chi connectivity index (χ3v) is 6.55. The molecule has 1 aliphatic heterocycles. The molecule has 0 saturated carbocycles. The first-order chi connectivity index (χ1) is 19.2. The van der Waals surface area contributed by atoms with Gasteiger partial charge in [0, 0.05) is 36.4 Å². The molecule has 39 heavy (non-hydrogen) atoms. The van der Waals surface area contributed by atoms with Crippen LogP contribution in [0.1, 0.15) is 11.4 Å². The summed E-state index contributed by atoms with van der Waals surface area (Å²) in [4.78, 5) is 25.0. The highest BCUT2D eigenvalue weighted by molar-refractivity contribution is 5.81. The summed E-state index contributed by atoms with van der Waals surface area (Å²) < 4.78 is 12.2. The molecule has 1 saturated heterocycles. The Bertz CT molecular complexity index is 1820. The second-order valence-electron chi connectivity index (χ2n) is 9.02. The molecule has 0 atom stereocenters. The lowest BCUT2D eigenvalue weighted by molar-refractivity contribution is 0.122. The van der Waals surface area contributed by atoms with Crippen molar-refractivity contribution in [3.05, 3.63) is 78.5 Å². The fourth-order valence-corrected chi connectivity index (χ4v) is 4.62. The van der Waals surface area contributed by atoms with Gasteiger partial charge in [-0.3, -0.25) is 13.9 Å². The zero-order chi connectivity index (χ0) is 26.2. The van der Waals surface area contributed by atoms with Crippen LogP contribution in [0.3, 0.4) is 0 Å². The van der Waals surface area contributed by atoms with Crippen LogP contribution in [0, 0.1) is 0 Å². The quantitative estimate of drug-likeness (QED) is 0.356. The number of imidazole rings is 1. The van der Waals surface area contributed by atoms with Gasteiger partial charge in [-0.25, -0.2) is 15.0 Å². The highest BCUT2D eigenvalue weighted by atomic mass is 16.6. The molecule has 1 fully saturated rings. The van der Waals surface area contributed by atoms with Gasteiger partial charge in [0.2, 0.25) is 5.82 Å². The number of morpholine rings is 1. The van der Waals surface area contributed by atoms with Gasteiger partial charge >= 0.3 is 6.08 Å². The summed E-state index contributed by atoms with van der Waals surface area (Å²) in [5, 5.41) is 14.2. The first kappa shape index (κ1) is 23.0. The number of hydrogen-bond donors (Lipinski definition) is 1. The first-order valence-electron chi connectivity index (χ1n) is 12.5. The third kappa shape index (κ3) is 4.44. The fraction of sp³-hybridized carbons (Fsp3) is 0.143. The molecule has 11 nitrogen and oxygen atoms in total. The lowest BCUT2D eigenvalue weighted by Gasteiger charge is -2.28. The van der Waals surface area contributed by atoms with Gasteiger partial charge < -0.3 is 14.7 Å². The predicted octanol–water partition coefficient (Wildman–Crippen LogP) is 4.10. The number of aromatic hydroxyl groups is 1. The molecular formula is C28H22N8O3. The van der Waals surface area contributed by atoms with Crippen molar-refractivity contribution in [2.24, 2.45) is 0 Å². The minimum absolute atomic E-state index is 0.211. The Balaban J connectivity index is 1.28. The van der Waals surface area contributed by atoms with E-state index in [1.807, 2.05) is 65.3 Å². The maximum Gasteiger partial charge on any atom is 0.415 e. The van der Waals surface area contributed by atoms with Crippen LogP contribution in [-0.4, -0.2) is 65.9 Å². The van der Waals surface area contributed by atoms with Crippen LogP contribution < -0.4 is 4.90 Å². The normalized spacial score (nSPS) is 14.1. The van der Waals surface area contributed by atoms with Crippen LogP contribution in [0.4, 0.5) is 5.82 Å². The molecule has 0 bridgehead atoms. The Morgan fingerprint density at radius 2 is 1.72 bits per heavy atom. The molecule has 6 aromatic rings. The van der Waals surface area contributed by atoms with Crippen LogP contribution in [0.25, 0.3) is 51.5 Å². The van der Waals surface area contributed by atoms with E-state index in [1.54, 1.807) is 12.3 Å². The maximum atomic E-state index is 9.36. The average Bonchev–Trinajstić information content (AvgIpc) is 3.62. The number of para-hydroxylation sites is 1. The van der Waals surface area contributed by atoms with Crippen LogP contribution in [0.2, 0.25) is 0 Å². The van der Waals surface area contributed by atoms with E-state index in [0.717, 1.165) is 58.1 Å². The Morgan fingerprint density at radius 1 is 0.846 bits per heavy atom. The first-order valence-corrected chi connectivity index (χ1v) is 12.5. The summed E-state index contributed by atoms with van der Waals surface area (Å²) in [5.74, 6) is 1.01. The van der Waals surface area contributed by atoms with Crippen molar-refractivity contribution in [3.63, 3.8) is 0 Å². The summed E-state index contributed by atoms with van der Waals surface area (Å²) in [6.45, 7) is 2.78. The van der Waals surface area contributed by atoms with Gasteiger partial charge in [-0.15, -0.1) is 0 Å². The molecule has 0 radical (unpaired) electrons. The number of ether oxygens (including phenoxy) is 1. The van der Waals surface area contributed by atoms with E-state index in [2.05, 4.69) is 30.6 Å². The Kier molecular flexibility index (Phi) is 5.67. The lowest BCUT2D eigenvalue weighted by atomic mass is 10.2. The number of nitrogens with zero attached hydrogens (tertiary/aromatic N) is 8. The van der Waals surface area contributed by atoms with E-state index in [-0.39, 0.29) is 5.82 Å². The molecule has 5 aromatic heterocycles. The Hall–Kier alpha value is -5.16. The number of pyridine rings is 2. The molecule has 1 aromatic carbocycles. The molecule has 7 rings (SSSR count). The monoisotopic (exact) mass is 518 g/mol. The molecule has 0 amide bonds. The van der Waals surface area contributed by atoms with Crippen molar-refractivity contribution in [3.8, 4) is 28.9 Å². The van der Waals surface area contributed by atoms with Gasteiger partial charge in [-0.1, -0.05) is 29.4 Å². The van der Waals surface area contributed by atoms with Gasteiger partial charge in [0.05, 0.1) is 42.0 Å². The van der Waals surface area contributed by atoms with Crippen molar-refractivity contribution in [2.75, 3.05) is 31.2 Å². The molecule has 0 aliphatic carbocycles. The minimum atomic E-state index is -0.502. The number of aromatic nitrogens is 7. The predicted molar refractivity (Wildman–Crippen MR) is 145 cm³/mol. The van der Waals surface area contributed by atoms with E-state index in [0.29, 0.717) is 18.9 Å². The van der Waals surface area contributed by atoms with E-state index in [4.69, 9.17) is 19.7 Å². The summed E-state index contributed by atoms with van der Waals surface area (Å²) in [5.41, 5.74) is 5.46. The number of hydrogen-bond acceptors (Lipinski definition) is 10. The van der Waals surface area contributed by atoms with E-state index in [9.17, 15) is 5.11 Å². The molecule has 192 valence electrons. The number of benzene rings is 1. The SMILES string of the molecule is Oc1nc(-c2ccc(-c3cnc(N4CCOCC4)c4nc(C=Cc5ccc6ccccc6n5)cn34)cn2)no1. The second-order valence-corrected chi connectivity index (χ2v) is 9.02. The Morgan fingerprint density at radius 3 is 2.54 bits per heavy atom. The fourth-order valence-electron chi connectivity index (χ4n) is 4.62. The van der Waals surface area contributed by atoms with Gasteiger partial charge in [-0.05, 0) is 36.4 Å². The second kappa shape index (κ2) is 9.62. The smallest absolute Gasteiger partial charge is 0.415 e. The summed E-state index contributed by atoms with van der Waals surface area (Å²) in [7, 11) is 0. The van der Waals surface area contributed by atoms with Crippen molar-refractivity contribution >= 4 is 34.5 Å². The van der Waals surface area contributed by atoms with Crippen molar-refractivity contribution in [1.29, 1.82) is 0 Å². The average molecular weight is 519 g/mol. The summed E-state index contributed by atoms with van der Waals surface area (Å²) in [6, 6.07) is 15.8. The molecule has 6 heterocycles. The number of fused-ring (bicyclic) bond motifs is 2. The van der Waals surface area contributed by atoms with Gasteiger partial charge in [0.25, 0.3) is 0 Å². The van der Waals surface area contributed by atoms with Crippen LogP contribution in [-0.2, 0) is 4.74 Å². The van der Waals surface area contributed by atoms with E-state index >= 15 is 0 Å². The lowest BCUT2D eigenvalue weighted by Crippen LogP contribution is -2.37. The minimum Gasteiger partial charge on any atom is -0.464 e. The third-order valence-electron chi connectivity index (χ3n) is 6.55. The topological polar surface area (TPSA) is 128 Å². The largest absolute Gasteiger partial charge is 0.464 e. The highest BCUT2D eigenvalue weighted by Crippen LogP contribution is 2.28. The van der Waals surface area contributed by atoms with Gasteiger partial charge in [-0.2, -0.15) is 4.98 Å². The summed E-state index contributed by atoms with van der Waals surface area (Å²) in [6.07, 6.45) is 8.95. The molecule has 0 spiro atoms. The zero-order valence-electron chi connectivity index (χ0n) is 20.7. The van der Waals surface area contributed by atoms with Gasteiger partial charge in [0.15, 0.2) is 11.5 Å². The summed E-state index contributed by atoms with van der Waals surface area (Å²) >= 11 is 0. The van der Waals surface area contributed by atoms with Crippen LogP contribution >= 0.6 is 0 Å². The van der Waals surface area contributed by atoms with Gasteiger partial charge in [0.1, 0.15) is 5.69 Å². The van der Waals surface area contributed by atoms with Crippen molar-refractivity contribution < 1.29 is 14.4 Å². The molecule has 11 heteroatoms. The maximum absolute atomic E-state index is 9.36. The zero-order valence-corrected chi connectivity index (χ0v) is 20.7. The van der Waals surface area contributed by atoms with Crippen LogP contribution in [0.5, 0.6) is 6.08 Å². The highest BCUT2D eigenvalue weighted by Gasteiger charge is 2.20. The molecule has 1 N–H and O–H groups in total. The van der Waals surface area contributed by atoms with E-state index < -0.39 is 6.08 Å². The van der Waals surface area contributed by atoms with Crippen molar-refractivity contribution in [2.45, 2.75) is 0 Å². The molecular weight excluding hydrogens is 496 g/mol. The van der Waals surface area contributed by atoms with Crippen molar-refractivity contribution in [1.82, 2.24) is 34.5 Å². The van der Waals surface area contributed by atoms with Crippen LogP contribution in [0.15, 0.2) is 71.6 Å². The number of rotatable bonds is 5. The van der Waals surface area contributed by atoms with E-state index in [1.165, 1.54) is 0 Å². The molecule has 0 unspecified atom stereocenters. The standard InChI is InChI=1S/C28H22N8O3/c37-28-33-25(34-39-28)23-10-6-19(15-29-23)24-16-30-26(35-11-13-38-14-12-35)27-32-21(17-36(24)27)9-8-20-7-5-18-3-1-2-4-22(18)31-20/h1-10,15-17H,11-14H2,(H,33,34,37). The number of anilines is 1. The molecule has 1 aliphatic rings. The Labute approximate surface area is 222 Å².